The fourth-order valence-electron chi connectivity index (χ4n) is 2.81. The molecule has 1 aromatic carbocycles. The van der Waals surface area contributed by atoms with E-state index >= 15 is 0 Å². The van der Waals surface area contributed by atoms with Gasteiger partial charge in [0, 0.05) is 10.9 Å². The summed E-state index contributed by atoms with van der Waals surface area (Å²) >= 11 is 1.83. The molecule has 4 heteroatoms. The fourth-order valence-corrected chi connectivity index (χ4v) is 3.69. The lowest BCUT2D eigenvalue weighted by atomic mass is 9.87. The average molecular weight is 287 g/mol. The molecule has 1 aliphatic heterocycles. The number of nitrogens with one attached hydrogen (secondary N) is 1. The zero-order valence-corrected chi connectivity index (χ0v) is 11.9. The highest BCUT2D eigenvalue weighted by Crippen LogP contribution is 2.36. The summed E-state index contributed by atoms with van der Waals surface area (Å²) in [6.07, 6.45) is 2.25. The molecule has 1 aliphatic rings. The maximum absolute atomic E-state index is 10.9. The maximum Gasteiger partial charge on any atom is 0.335 e. The average Bonchev–Trinajstić information content (AvgIpc) is 3.02. The second-order valence-corrected chi connectivity index (χ2v) is 6.15. The molecule has 0 bridgehead atoms. The molecule has 3 rings (SSSR count). The van der Waals surface area contributed by atoms with Crippen molar-refractivity contribution in [3.05, 3.63) is 57.8 Å². The predicted molar refractivity (Wildman–Crippen MR) is 80.4 cm³/mol. The molecule has 2 atom stereocenters. The second-order valence-electron chi connectivity index (χ2n) is 5.17. The Morgan fingerprint density at radius 3 is 2.70 bits per heavy atom. The molecule has 0 aliphatic carbocycles. The van der Waals surface area contributed by atoms with Crippen LogP contribution in [0.2, 0.25) is 0 Å². The molecule has 0 spiro atoms. The van der Waals surface area contributed by atoms with Crippen molar-refractivity contribution in [2.75, 3.05) is 6.54 Å². The third-order valence-corrected chi connectivity index (χ3v) is 4.94. The summed E-state index contributed by atoms with van der Waals surface area (Å²) in [5.41, 5.74) is 1.52. The van der Waals surface area contributed by atoms with Crippen molar-refractivity contribution < 1.29 is 9.90 Å². The van der Waals surface area contributed by atoms with E-state index in [0.717, 1.165) is 13.0 Å². The summed E-state index contributed by atoms with van der Waals surface area (Å²) in [7, 11) is 0. The number of piperidine rings is 1. The minimum Gasteiger partial charge on any atom is -0.478 e. The van der Waals surface area contributed by atoms with E-state index < -0.39 is 5.97 Å². The predicted octanol–water partition coefficient (Wildman–Crippen LogP) is 3.65. The number of hydrogen-bond acceptors (Lipinski definition) is 3. The van der Waals surface area contributed by atoms with Crippen molar-refractivity contribution in [1.82, 2.24) is 5.32 Å². The standard InChI is InChI=1S/C16H17NO2S/c18-16(19)12-5-3-11(4-6-12)14-10-13(7-8-17-14)15-2-1-9-20-15/h1-6,9,13-14,17H,7-8,10H2,(H,18,19)/t13?,14-/m0/s1. The summed E-state index contributed by atoms with van der Waals surface area (Å²) < 4.78 is 0. The van der Waals surface area contributed by atoms with Crippen LogP contribution in [0.3, 0.4) is 0 Å². The molecule has 2 heterocycles. The van der Waals surface area contributed by atoms with E-state index in [1.807, 2.05) is 23.5 Å². The van der Waals surface area contributed by atoms with Gasteiger partial charge in [-0.2, -0.15) is 0 Å². The van der Waals surface area contributed by atoms with Crippen molar-refractivity contribution >= 4 is 17.3 Å². The van der Waals surface area contributed by atoms with Crippen LogP contribution in [0.1, 0.15) is 45.6 Å². The second kappa shape index (κ2) is 5.77. The normalized spacial score (nSPS) is 22.6. The summed E-state index contributed by atoms with van der Waals surface area (Å²) in [4.78, 5) is 12.3. The Hall–Kier alpha value is -1.65. The number of carboxylic acid groups (broad SMARTS) is 1. The van der Waals surface area contributed by atoms with Crippen molar-refractivity contribution in [2.45, 2.75) is 24.8 Å². The lowest BCUT2D eigenvalue weighted by Crippen LogP contribution is -2.30. The van der Waals surface area contributed by atoms with Crippen LogP contribution in [-0.4, -0.2) is 17.6 Å². The summed E-state index contributed by atoms with van der Waals surface area (Å²) in [6, 6.07) is 11.9. The van der Waals surface area contributed by atoms with Gasteiger partial charge in [0.15, 0.2) is 0 Å². The Bertz CT molecular complexity index is 577. The van der Waals surface area contributed by atoms with Crippen molar-refractivity contribution in [3.8, 4) is 0 Å². The minimum absolute atomic E-state index is 0.318. The van der Waals surface area contributed by atoms with Gasteiger partial charge in [-0.25, -0.2) is 4.79 Å². The first-order chi connectivity index (χ1) is 9.74. The van der Waals surface area contributed by atoms with E-state index in [1.54, 1.807) is 12.1 Å². The van der Waals surface area contributed by atoms with E-state index in [4.69, 9.17) is 5.11 Å². The highest BCUT2D eigenvalue weighted by molar-refractivity contribution is 7.10. The molecular weight excluding hydrogens is 270 g/mol. The molecule has 1 fully saturated rings. The molecule has 2 aromatic rings. The van der Waals surface area contributed by atoms with Gasteiger partial charge in [0.1, 0.15) is 0 Å². The Morgan fingerprint density at radius 2 is 2.05 bits per heavy atom. The zero-order valence-electron chi connectivity index (χ0n) is 11.1. The summed E-state index contributed by atoms with van der Waals surface area (Å²) in [5.74, 6) is -0.259. The van der Waals surface area contributed by atoms with Gasteiger partial charge in [-0.1, -0.05) is 18.2 Å². The molecule has 1 unspecified atom stereocenters. The Labute approximate surface area is 122 Å². The lowest BCUT2D eigenvalue weighted by molar-refractivity contribution is 0.0697. The van der Waals surface area contributed by atoms with Crippen LogP contribution in [0.25, 0.3) is 0 Å². The Balaban J connectivity index is 1.75. The topological polar surface area (TPSA) is 49.3 Å². The zero-order chi connectivity index (χ0) is 13.9. The first-order valence-electron chi connectivity index (χ1n) is 6.84. The quantitative estimate of drug-likeness (QED) is 0.906. The number of carboxylic acids is 1. The van der Waals surface area contributed by atoms with Crippen LogP contribution in [0.4, 0.5) is 0 Å². The molecule has 2 N–H and O–H groups in total. The monoisotopic (exact) mass is 287 g/mol. The number of thiophene rings is 1. The van der Waals surface area contributed by atoms with Crippen LogP contribution in [0.5, 0.6) is 0 Å². The van der Waals surface area contributed by atoms with Gasteiger partial charge in [-0.05, 0) is 54.4 Å². The van der Waals surface area contributed by atoms with Gasteiger partial charge >= 0.3 is 5.97 Å². The summed E-state index contributed by atoms with van der Waals surface area (Å²) in [5, 5.41) is 14.6. The van der Waals surface area contributed by atoms with Crippen LogP contribution >= 0.6 is 11.3 Å². The van der Waals surface area contributed by atoms with Gasteiger partial charge in [-0.15, -0.1) is 11.3 Å². The van der Waals surface area contributed by atoms with E-state index in [1.165, 1.54) is 16.9 Å². The van der Waals surface area contributed by atoms with Crippen LogP contribution in [0, 0.1) is 0 Å². The molecular formula is C16H17NO2S. The third kappa shape index (κ3) is 2.76. The van der Waals surface area contributed by atoms with Gasteiger partial charge < -0.3 is 10.4 Å². The van der Waals surface area contributed by atoms with Gasteiger partial charge in [0.25, 0.3) is 0 Å². The molecule has 0 saturated carbocycles. The lowest BCUT2D eigenvalue weighted by Gasteiger charge is -2.30. The highest BCUT2D eigenvalue weighted by atomic mass is 32.1. The number of hydrogen-bond donors (Lipinski definition) is 2. The van der Waals surface area contributed by atoms with Gasteiger partial charge in [-0.3, -0.25) is 0 Å². The SMILES string of the molecule is O=C(O)c1ccc([C@@H]2CC(c3cccs3)CCN2)cc1. The van der Waals surface area contributed by atoms with E-state index in [0.29, 0.717) is 17.5 Å². The molecule has 1 aromatic heterocycles. The molecule has 1 saturated heterocycles. The van der Waals surface area contributed by atoms with Gasteiger partial charge in [0.05, 0.1) is 5.56 Å². The smallest absolute Gasteiger partial charge is 0.335 e. The highest BCUT2D eigenvalue weighted by Gasteiger charge is 2.24. The Kier molecular flexibility index (Phi) is 3.85. The molecule has 104 valence electrons. The molecule has 3 nitrogen and oxygen atoms in total. The Morgan fingerprint density at radius 1 is 1.25 bits per heavy atom. The van der Waals surface area contributed by atoms with Crippen molar-refractivity contribution in [3.63, 3.8) is 0 Å². The number of aromatic carboxylic acids is 1. The van der Waals surface area contributed by atoms with E-state index in [-0.39, 0.29) is 0 Å². The number of rotatable bonds is 3. The maximum atomic E-state index is 10.9. The molecule has 0 amide bonds. The van der Waals surface area contributed by atoms with Gasteiger partial charge in [0.2, 0.25) is 0 Å². The fraction of sp³-hybridized carbons (Fsp3) is 0.312. The van der Waals surface area contributed by atoms with E-state index in [2.05, 4.69) is 22.8 Å². The summed E-state index contributed by atoms with van der Waals surface area (Å²) in [6.45, 7) is 1.01. The first-order valence-corrected chi connectivity index (χ1v) is 7.72. The molecule has 0 radical (unpaired) electrons. The van der Waals surface area contributed by atoms with Crippen LogP contribution in [0.15, 0.2) is 41.8 Å². The van der Waals surface area contributed by atoms with Crippen LogP contribution < -0.4 is 5.32 Å². The number of benzene rings is 1. The van der Waals surface area contributed by atoms with Crippen molar-refractivity contribution in [1.29, 1.82) is 0 Å². The van der Waals surface area contributed by atoms with Crippen molar-refractivity contribution in [2.24, 2.45) is 0 Å². The van der Waals surface area contributed by atoms with Crippen LogP contribution in [-0.2, 0) is 0 Å². The first kappa shape index (κ1) is 13.3. The third-order valence-electron chi connectivity index (χ3n) is 3.91. The molecule has 20 heavy (non-hydrogen) atoms. The van der Waals surface area contributed by atoms with E-state index in [9.17, 15) is 4.79 Å². The minimum atomic E-state index is -0.871. The number of carbonyl (C=O) groups is 1. The largest absolute Gasteiger partial charge is 0.478 e.